The van der Waals surface area contributed by atoms with Crippen LogP contribution in [0.5, 0.6) is 11.5 Å². The van der Waals surface area contributed by atoms with Crippen molar-refractivity contribution in [3.05, 3.63) is 35.4 Å². The minimum absolute atomic E-state index is 0.171. The molecule has 0 bridgehead atoms. The van der Waals surface area contributed by atoms with E-state index >= 15 is 0 Å². The average Bonchev–Trinajstić information content (AvgIpc) is 2.90. The van der Waals surface area contributed by atoms with E-state index in [1.165, 1.54) is 0 Å². The maximum atomic E-state index is 5.47. The third kappa shape index (κ3) is 3.52. The third-order valence-corrected chi connectivity index (χ3v) is 3.59. The topological polar surface area (TPSA) is 63.3 Å². The first-order valence-electron chi connectivity index (χ1n) is 6.85. The molecule has 2 rings (SSSR count). The van der Waals surface area contributed by atoms with Gasteiger partial charge >= 0.3 is 0 Å². The number of benzene rings is 1. The molecule has 0 amide bonds. The van der Waals surface area contributed by atoms with Gasteiger partial charge in [-0.2, -0.15) is 5.10 Å². The highest BCUT2D eigenvalue weighted by Gasteiger charge is 2.18. The van der Waals surface area contributed by atoms with Crippen molar-refractivity contribution in [2.24, 2.45) is 0 Å². The summed E-state index contributed by atoms with van der Waals surface area (Å²) >= 11 is 0. The molecular weight excluding hydrogens is 268 g/mol. The Kier molecular flexibility index (Phi) is 4.80. The van der Waals surface area contributed by atoms with Gasteiger partial charge in [0.1, 0.15) is 17.3 Å². The Morgan fingerprint density at radius 1 is 1.29 bits per heavy atom. The van der Waals surface area contributed by atoms with Gasteiger partial charge in [0, 0.05) is 17.7 Å². The highest BCUT2D eigenvalue weighted by atomic mass is 16.5. The number of aromatic nitrogens is 3. The normalized spacial score (nSPS) is 12.5. The fourth-order valence-corrected chi connectivity index (χ4v) is 2.22. The first-order valence-corrected chi connectivity index (χ1v) is 6.85. The van der Waals surface area contributed by atoms with Crippen LogP contribution in [0.1, 0.15) is 30.2 Å². The number of hydrogen-bond donors (Lipinski definition) is 1. The van der Waals surface area contributed by atoms with Gasteiger partial charge < -0.3 is 9.47 Å². The van der Waals surface area contributed by atoms with Gasteiger partial charge in [-0.25, -0.2) is 4.98 Å². The number of rotatable bonds is 6. The minimum Gasteiger partial charge on any atom is -0.497 e. The van der Waals surface area contributed by atoms with Crippen molar-refractivity contribution in [1.82, 2.24) is 20.1 Å². The number of nitrogens with zero attached hydrogens (tertiary/aromatic N) is 3. The van der Waals surface area contributed by atoms with Crippen LogP contribution < -0.4 is 9.47 Å². The SMILES string of the molecule is COc1ccc(C(C)N(C)Cc2n[nH]c(C)n2)c(OC)c1. The quantitative estimate of drug-likeness (QED) is 0.884. The highest BCUT2D eigenvalue weighted by Crippen LogP contribution is 2.32. The molecule has 1 aromatic carbocycles. The molecule has 1 unspecified atom stereocenters. The molecule has 1 heterocycles. The van der Waals surface area contributed by atoms with E-state index in [0.29, 0.717) is 6.54 Å². The second-order valence-electron chi connectivity index (χ2n) is 5.04. The summed E-state index contributed by atoms with van der Waals surface area (Å²) in [7, 11) is 5.36. The van der Waals surface area contributed by atoms with Crippen LogP contribution in [0.2, 0.25) is 0 Å². The summed E-state index contributed by atoms with van der Waals surface area (Å²) in [5.74, 6) is 3.22. The number of H-pyrrole nitrogens is 1. The van der Waals surface area contributed by atoms with Crippen LogP contribution in [0.15, 0.2) is 18.2 Å². The van der Waals surface area contributed by atoms with E-state index in [1.54, 1.807) is 14.2 Å². The number of ether oxygens (including phenoxy) is 2. The average molecular weight is 290 g/mol. The lowest BCUT2D eigenvalue weighted by Gasteiger charge is -2.25. The van der Waals surface area contributed by atoms with Crippen LogP contribution in [0, 0.1) is 6.92 Å². The Morgan fingerprint density at radius 3 is 2.62 bits per heavy atom. The summed E-state index contributed by atoms with van der Waals surface area (Å²) in [6.07, 6.45) is 0. The van der Waals surface area contributed by atoms with Crippen molar-refractivity contribution in [1.29, 1.82) is 0 Å². The summed E-state index contributed by atoms with van der Waals surface area (Å²) in [5, 5.41) is 7.03. The molecule has 1 N–H and O–H groups in total. The lowest BCUT2D eigenvalue weighted by Crippen LogP contribution is -2.23. The predicted molar refractivity (Wildman–Crippen MR) is 80.5 cm³/mol. The first kappa shape index (κ1) is 15.3. The fraction of sp³-hybridized carbons (Fsp3) is 0.467. The maximum absolute atomic E-state index is 5.47. The summed E-state index contributed by atoms with van der Waals surface area (Å²) < 4.78 is 10.7. The second kappa shape index (κ2) is 6.58. The lowest BCUT2D eigenvalue weighted by atomic mass is 10.1. The van der Waals surface area contributed by atoms with Gasteiger partial charge in [0.05, 0.1) is 20.8 Å². The monoisotopic (exact) mass is 290 g/mol. The number of methoxy groups -OCH3 is 2. The third-order valence-electron chi connectivity index (χ3n) is 3.59. The molecule has 2 aromatic rings. The zero-order chi connectivity index (χ0) is 15.4. The zero-order valence-corrected chi connectivity index (χ0v) is 13.2. The first-order chi connectivity index (χ1) is 10.0. The van der Waals surface area contributed by atoms with E-state index in [-0.39, 0.29) is 6.04 Å². The molecule has 0 aliphatic heterocycles. The molecular formula is C15H22N4O2. The van der Waals surface area contributed by atoms with E-state index in [4.69, 9.17) is 9.47 Å². The fourth-order valence-electron chi connectivity index (χ4n) is 2.22. The van der Waals surface area contributed by atoms with Gasteiger partial charge in [-0.3, -0.25) is 10.00 Å². The summed E-state index contributed by atoms with van der Waals surface area (Å²) in [5.41, 5.74) is 1.10. The van der Waals surface area contributed by atoms with Gasteiger partial charge in [-0.05, 0) is 27.0 Å². The molecule has 6 heteroatoms. The van der Waals surface area contributed by atoms with E-state index < -0.39 is 0 Å². The summed E-state index contributed by atoms with van der Waals surface area (Å²) in [6.45, 7) is 4.69. The van der Waals surface area contributed by atoms with Crippen molar-refractivity contribution in [2.75, 3.05) is 21.3 Å². The van der Waals surface area contributed by atoms with Crippen molar-refractivity contribution in [3.63, 3.8) is 0 Å². The molecule has 0 fully saturated rings. The molecule has 0 saturated heterocycles. The summed E-state index contributed by atoms with van der Waals surface area (Å²) in [4.78, 5) is 6.51. The maximum Gasteiger partial charge on any atom is 0.164 e. The van der Waals surface area contributed by atoms with Gasteiger partial charge in [0.25, 0.3) is 0 Å². The summed E-state index contributed by atoms with van der Waals surface area (Å²) in [6, 6.07) is 6.04. The largest absolute Gasteiger partial charge is 0.497 e. The Labute approximate surface area is 125 Å². The lowest BCUT2D eigenvalue weighted by molar-refractivity contribution is 0.241. The molecule has 6 nitrogen and oxygen atoms in total. The molecule has 114 valence electrons. The standard InChI is InChI=1S/C15H22N4O2/c1-10(19(3)9-15-16-11(2)17-18-15)13-7-6-12(20-4)8-14(13)21-5/h6-8,10H,9H2,1-5H3,(H,16,17,18). The van der Waals surface area contributed by atoms with Gasteiger partial charge in [-0.1, -0.05) is 6.07 Å². The minimum atomic E-state index is 0.171. The smallest absolute Gasteiger partial charge is 0.164 e. The van der Waals surface area contributed by atoms with Crippen molar-refractivity contribution < 1.29 is 9.47 Å². The van der Waals surface area contributed by atoms with Crippen molar-refractivity contribution >= 4 is 0 Å². The van der Waals surface area contributed by atoms with Crippen LogP contribution in [-0.4, -0.2) is 41.3 Å². The Balaban J connectivity index is 2.16. The van der Waals surface area contributed by atoms with E-state index in [9.17, 15) is 0 Å². The molecule has 0 radical (unpaired) electrons. The van der Waals surface area contributed by atoms with Crippen molar-refractivity contribution in [2.45, 2.75) is 26.4 Å². The van der Waals surface area contributed by atoms with Crippen molar-refractivity contribution in [3.8, 4) is 11.5 Å². The molecule has 21 heavy (non-hydrogen) atoms. The molecule has 0 saturated carbocycles. The molecule has 0 aliphatic carbocycles. The predicted octanol–water partition coefficient (Wildman–Crippen LogP) is 2.32. The van der Waals surface area contributed by atoms with Gasteiger partial charge in [-0.15, -0.1) is 0 Å². The Morgan fingerprint density at radius 2 is 2.05 bits per heavy atom. The molecule has 0 aliphatic rings. The highest BCUT2D eigenvalue weighted by molar-refractivity contribution is 5.42. The zero-order valence-electron chi connectivity index (χ0n) is 13.2. The van der Waals surface area contributed by atoms with E-state index in [1.807, 2.05) is 32.2 Å². The Bertz CT molecular complexity index is 597. The molecule has 1 atom stereocenters. The number of nitrogens with one attached hydrogen (secondary N) is 1. The van der Waals surface area contributed by atoms with Crippen LogP contribution in [-0.2, 0) is 6.54 Å². The van der Waals surface area contributed by atoms with Crippen LogP contribution in [0.4, 0.5) is 0 Å². The van der Waals surface area contributed by atoms with Crippen LogP contribution in [0.3, 0.4) is 0 Å². The number of aromatic amines is 1. The number of aryl methyl sites for hydroxylation is 1. The van der Waals surface area contributed by atoms with Gasteiger partial charge in [0.15, 0.2) is 5.82 Å². The van der Waals surface area contributed by atoms with Crippen LogP contribution in [0.25, 0.3) is 0 Å². The molecule has 0 spiro atoms. The van der Waals surface area contributed by atoms with Gasteiger partial charge in [0.2, 0.25) is 0 Å². The van der Waals surface area contributed by atoms with Crippen LogP contribution >= 0.6 is 0 Å². The molecule has 1 aromatic heterocycles. The van der Waals surface area contributed by atoms with E-state index in [2.05, 4.69) is 27.0 Å². The van der Waals surface area contributed by atoms with E-state index in [0.717, 1.165) is 28.7 Å². The number of hydrogen-bond acceptors (Lipinski definition) is 5. The Hall–Kier alpha value is -2.08. The second-order valence-corrected chi connectivity index (χ2v) is 5.04.